The van der Waals surface area contributed by atoms with Crippen molar-refractivity contribution in [3.8, 4) is 5.75 Å². The van der Waals surface area contributed by atoms with Crippen LogP contribution in [0.3, 0.4) is 0 Å². The van der Waals surface area contributed by atoms with E-state index in [-0.39, 0.29) is 21.6 Å². The molecule has 0 saturated heterocycles. The zero-order chi connectivity index (χ0) is 21.7. The van der Waals surface area contributed by atoms with E-state index in [9.17, 15) is 13.2 Å². The molecular weight excluding hydrogens is 451 g/mol. The Morgan fingerprint density at radius 2 is 1.70 bits per heavy atom. The summed E-state index contributed by atoms with van der Waals surface area (Å²) >= 11 is 12.0. The van der Waals surface area contributed by atoms with Crippen LogP contribution in [0.4, 0.5) is 11.6 Å². The van der Waals surface area contributed by atoms with Gasteiger partial charge in [0.05, 0.1) is 9.92 Å². The lowest BCUT2D eigenvalue weighted by Crippen LogP contribution is -2.30. The lowest BCUT2D eigenvalue weighted by molar-refractivity contribution is -0.122. The molecule has 1 heterocycles. The molecule has 0 aliphatic rings. The average molecular weight is 467 g/mol. The minimum absolute atomic E-state index is 0.0111. The van der Waals surface area contributed by atoms with Gasteiger partial charge >= 0.3 is 0 Å². The van der Waals surface area contributed by atoms with Gasteiger partial charge in [-0.25, -0.2) is 23.1 Å². The first-order chi connectivity index (χ1) is 14.3. The average Bonchev–Trinajstić information content (AvgIpc) is 2.72. The number of benzene rings is 2. The normalized spacial score (nSPS) is 12.1. The van der Waals surface area contributed by atoms with Gasteiger partial charge in [0.15, 0.2) is 6.10 Å². The zero-order valence-corrected chi connectivity index (χ0v) is 17.9. The van der Waals surface area contributed by atoms with Gasteiger partial charge in [-0.15, -0.1) is 0 Å². The maximum atomic E-state index is 12.4. The van der Waals surface area contributed by atoms with Crippen molar-refractivity contribution in [3.63, 3.8) is 0 Å². The van der Waals surface area contributed by atoms with E-state index in [2.05, 4.69) is 20.0 Å². The lowest BCUT2D eigenvalue weighted by Gasteiger charge is -2.16. The van der Waals surface area contributed by atoms with E-state index in [1.54, 1.807) is 31.2 Å². The van der Waals surface area contributed by atoms with Crippen LogP contribution in [0.2, 0.25) is 10.0 Å². The van der Waals surface area contributed by atoms with Crippen LogP contribution in [0.1, 0.15) is 6.92 Å². The molecule has 0 aliphatic heterocycles. The number of hydrogen-bond donors (Lipinski definition) is 2. The van der Waals surface area contributed by atoms with Crippen LogP contribution < -0.4 is 14.8 Å². The Morgan fingerprint density at radius 1 is 1.03 bits per heavy atom. The second-order valence-corrected chi connectivity index (χ2v) is 8.47. The molecule has 1 unspecified atom stereocenters. The SMILES string of the molecule is CC(Oc1cccc(Cl)c1Cl)C(=O)Nc1ccc(S(=O)(=O)Nc2ncccn2)cc1. The maximum absolute atomic E-state index is 12.4. The number of nitrogens with zero attached hydrogens (tertiary/aromatic N) is 2. The number of carbonyl (C=O) groups excluding carboxylic acids is 1. The summed E-state index contributed by atoms with van der Waals surface area (Å²) < 4.78 is 32.6. The molecular formula is C19H16Cl2N4O4S. The molecule has 1 amide bonds. The Morgan fingerprint density at radius 3 is 2.37 bits per heavy atom. The predicted octanol–water partition coefficient (Wildman–Crippen LogP) is 3.99. The minimum Gasteiger partial charge on any atom is -0.479 e. The van der Waals surface area contributed by atoms with E-state index in [1.165, 1.54) is 36.7 Å². The van der Waals surface area contributed by atoms with Crippen molar-refractivity contribution in [2.24, 2.45) is 0 Å². The summed E-state index contributed by atoms with van der Waals surface area (Å²) in [5.41, 5.74) is 0.391. The number of halogens is 2. The standard InChI is InChI=1S/C19H16Cl2N4O4S/c1-12(29-16-5-2-4-15(20)17(16)21)18(26)24-13-6-8-14(9-7-13)30(27,28)25-19-22-10-3-11-23-19/h2-12H,1H3,(H,24,26)(H,22,23,25). The summed E-state index contributed by atoms with van der Waals surface area (Å²) in [5.74, 6) is -0.208. The van der Waals surface area contributed by atoms with Crippen molar-refractivity contribution >= 4 is 50.8 Å². The van der Waals surface area contributed by atoms with Crippen LogP contribution in [0, 0.1) is 0 Å². The molecule has 0 aliphatic carbocycles. The summed E-state index contributed by atoms with van der Waals surface area (Å²) in [6, 6.07) is 12.0. The molecule has 3 aromatic rings. The summed E-state index contributed by atoms with van der Waals surface area (Å²) in [5, 5.41) is 3.17. The van der Waals surface area contributed by atoms with Gasteiger partial charge in [-0.05, 0) is 49.4 Å². The van der Waals surface area contributed by atoms with Crippen LogP contribution in [-0.2, 0) is 14.8 Å². The van der Waals surface area contributed by atoms with Crippen LogP contribution in [0.25, 0.3) is 0 Å². The van der Waals surface area contributed by atoms with E-state index < -0.39 is 22.0 Å². The molecule has 30 heavy (non-hydrogen) atoms. The topological polar surface area (TPSA) is 110 Å². The summed E-state index contributed by atoms with van der Waals surface area (Å²) in [6.45, 7) is 1.55. The van der Waals surface area contributed by atoms with Crippen LogP contribution in [-0.4, -0.2) is 30.4 Å². The molecule has 8 nitrogen and oxygen atoms in total. The predicted molar refractivity (Wildman–Crippen MR) is 114 cm³/mol. The molecule has 1 aromatic heterocycles. The largest absolute Gasteiger partial charge is 0.479 e. The number of hydrogen-bond acceptors (Lipinski definition) is 6. The van der Waals surface area contributed by atoms with E-state index in [0.717, 1.165) is 0 Å². The molecule has 3 rings (SSSR count). The van der Waals surface area contributed by atoms with Crippen molar-refractivity contribution in [2.75, 3.05) is 10.0 Å². The fraction of sp³-hybridized carbons (Fsp3) is 0.105. The molecule has 1 atom stereocenters. The molecule has 2 N–H and O–H groups in total. The Kier molecular flexibility index (Phi) is 6.76. The molecule has 0 radical (unpaired) electrons. The first-order valence-electron chi connectivity index (χ1n) is 8.58. The van der Waals surface area contributed by atoms with Gasteiger partial charge < -0.3 is 10.1 Å². The Bertz CT molecular complexity index is 1140. The monoisotopic (exact) mass is 466 g/mol. The summed E-state index contributed by atoms with van der Waals surface area (Å²) in [6.07, 6.45) is 1.97. The second kappa shape index (κ2) is 9.29. The number of ether oxygens (including phenoxy) is 1. The highest BCUT2D eigenvalue weighted by atomic mass is 35.5. The van der Waals surface area contributed by atoms with Gasteiger partial charge in [-0.3, -0.25) is 4.79 Å². The summed E-state index contributed by atoms with van der Waals surface area (Å²) in [4.78, 5) is 20.0. The number of nitrogens with one attached hydrogen (secondary N) is 2. The fourth-order valence-electron chi connectivity index (χ4n) is 2.31. The Labute approximate surface area is 183 Å². The van der Waals surface area contributed by atoms with Gasteiger partial charge in [-0.1, -0.05) is 29.3 Å². The van der Waals surface area contributed by atoms with Crippen molar-refractivity contribution in [1.29, 1.82) is 0 Å². The van der Waals surface area contributed by atoms with Gasteiger partial charge in [-0.2, -0.15) is 0 Å². The third-order valence-corrected chi connectivity index (χ3v) is 5.96. The lowest BCUT2D eigenvalue weighted by atomic mass is 10.3. The van der Waals surface area contributed by atoms with E-state index in [4.69, 9.17) is 27.9 Å². The van der Waals surface area contributed by atoms with Crippen molar-refractivity contribution < 1.29 is 17.9 Å². The smallest absolute Gasteiger partial charge is 0.265 e. The molecule has 0 spiro atoms. The first kappa shape index (κ1) is 21.8. The van der Waals surface area contributed by atoms with Crippen LogP contribution in [0.5, 0.6) is 5.75 Å². The highest BCUT2D eigenvalue weighted by Crippen LogP contribution is 2.32. The molecule has 0 saturated carbocycles. The van der Waals surface area contributed by atoms with E-state index in [1.807, 2.05) is 0 Å². The highest BCUT2D eigenvalue weighted by Gasteiger charge is 2.19. The number of rotatable bonds is 7. The second-order valence-electron chi connectivity index (χ2n) is 6.00. The van der Waals surface area contributed by atoms with Gasteiger partial charge in [0.1, 0.15) is 10.8 Å². The minimum atomic E-state index is -3.86. The van der Waals surface area contributed by atoms with Gasteiger partial charge in [0.2, 0.25) is 5.95 Å². The van der Waals surface area contributed by atoms with Gasteiger partial charge in [0, 0.05) is 18.1 Å². The molecule has 0 fully saturated rings. The quantitative estimate of drug-likeness (QED) is 0.544. The van der Waals surface area contributed by atoms with Crippen LogP contribution in [0.15, 0.2) is 65.8 Å². The number of sulfonamides is 1. The molecule has 11 heteroatoms. The van der Waals surface area contributed by atoms with E-state index in [0.29, 0.717) is 10.7 Å². The number of aromatic nitrogens is 2. The van der Waals surface area contributed by atoms with Crippen molar-refractivity contribution in [3.05, 3.63) is 71.0 Å². The number of amides is 1. The van der Waals surface area contributed by atoms with Crippen molar-refractivity contribution in [1.82, 2.24) is 9.97 Å². The fourth-order valence-corrected chi connectivity index (χ4v) is 3.61. The molecule has 156 valence electrons. The van der Waals surface area contributed by atoms with Crippen molar-refractivity contribution in [2.45, 2.75) is 17.9 Å². The third-order valence-electron chi connectivity index (χ3n) is 3.81. The number of carbonyl (C=O) groups is 1. The number of anilines is 2. The van der Waals surface area contributed by atoms with Gasteiger partial charge in [0.25, 0.3) is 15.9 Å². The summed E-state index contributed by atoms with van der Waals surface area (Å²) in [7, 11) is -3.86. The Hall–Kier alpha value is -2.88. The Balaban J connectivity index is 1.64. The van der Waals surface area contributed by atoms with Crippen LogP contribution >= 0.6 is 23.2 Å². The molecule has 2 aromatic carbocycles. The van der Waals surface area contributed by atoms with E-state index >= 15 is 0 Å². The third kappa shape index (κ3) is 5.38. The highest BCUT2D eigenvalue weighted by molar-refractivity contribution is 7.92. The molecule has 0 bridgehead atoms. The maximum Gasteiger partial charge on any atom is 0.265 e. The first-order valence-corrected chi connectivity index (χ1v) is 10.8. The zero-order valence-electron chi connectivity index (χ0n) is 15.5.